The zero-order chi connectivity index (χ0) is 15.4. The van der Waals surface area contributed by atoms with Gasteiger partial charge in [-0.15, -0.1) is 5.10 Å². The van der Waals surface area contributed by atoms with Crippen LogP contribution in [0.3, 0.4) is 0 Å². The van der Waals surface area contributed by atoms with E-state index in [1.807, 2.05) is 26.0 Å². The molecule has 0 spiro atoms. The molecule has 2 heterocycles. The van der Waals surface area contributed by atoms with Crippen LogP contribution in [0.4, 0.5) is 0 Å². The van der Waals surface area contributed by atoms with Gasteiger partial charge in [-0.05, 0) is 41.4 Å². The van der Waals surface area contributed by atoms with Gasteiger partial charge in [0.2, 0.25) is 5.88 Å². The fraction of sp³-hybridized carbons (Fsp3) is 0.357. The normalized spacial score (nSPS) is 12.0. The van der Waals surface area contributed by atoms with Crippen molar-refractivity contribution in [3.63, 3.8) is 0 Å². The average molecular weight is 353 g/mol. The minimum atomic E-state index is -0.217. The van der Waals surface area contributed by atoms with E-state index < -0.39 is 0 Å². The van der Waals surface area contributed by atoms with Crippen molar-refractivity contribution < 1.29 is 9.53 Å². The van der Waals surface area contributed by atoms with Gasteiger partial charge in [-0.25, -0.2) is 0 Å². The van der Waals surface area contributed by atoms with Crippen molar-refractivity contribution in [2.75, 3.05) is 6.61 Å². The number of carbonyl (C=O) groups excluding carboxylic acids is 1. The van der Waals surface area contributed by atoms with Crippen molar-refractivity contribution in [3.05, 3.63) is 40.3 Å². The second-order valence-corrected chi connectivity index (χ2v) is 5.59. The molecule has 1 N–H and O–H groups in total. The van der Waals surface area contributed by atoms with E-state index in [4.69, 9.17) is 4.74 Å². The van der Waals surface area contributed by atoms with Crippen LogP contribution in [0, 0.1) is 6.92 Å². The van der Waals surface area contributed by atoms with Crippen molar-refractivity contribution in [1.29, 1.82) is 0 Å². The molecule has 0 aliphatic rings. The Labute approximate surface area is 131 Å². The molecule has 0 fully saturated rings. The Morgan fingerprint density at radius 2 is 2.33 bits per heavy atom. The highest BCUT2D eigenvalue weighted by Crippen LogP contribution is 2.21. The van der Waals surface area contributed by atoms with E-state index in [1.54, 1.807) is 24.1 Å². The first-order valence-corrected chi connectivity index (χ1v) is 7.29. The number of ether oxygens (including phenoxy) is 1. The lowest BCUT2D eigenvalue weighted by atomic mass is 10.1. The summed E-state index contributed by atoms with van der Waals surface area (Å²) >= 11 is 3.31. The zero-order valence-electron chi connectivity index (χ0n) is 12.1. The van der Waals surface area contributed by atoms with E-state index in [1.165, 1.54) is 0 Å². The summed E-state index contributed by atoms with van der Waals surface area (Å²) in [6.07, 6.45) is 3.47. The maximum absolute atomic E-state index is 11.9. The third-order valence-corrected chi connectivity index (χ3v) is 3.47. The van der Waals surface area contributed by atoms with Crippen LogP contribution in [-0.4, -0.2) is 27.3 Å². The van der Waals surface area contributed by atoms with Crippen LogP contribution in [-0.2, 0) is 11.8 Å². The maximum atomic E-state index is 11.9. The Morgan fingerprint density at radius 3 is 2.95 bits per heavy atom. The molecule has 0 aliphatic heterocycles. The summed E-state index contributed by atoms with van der Waals surface area (Å²) in [5.74, 6) is 0.180. The van der Waals surface area contributed by atoms with Crippen LogP contribution < -0.4 is 10.1 Å². The highest BCUT2D eigenvalue weighted by molar-refractivity contribution is 9.10. The minimum absolute atomic E-state index is 0.0914. The van der Waals surface area contributed by atoms with Crippen LogP contribution >= 0.6 is 15.9 Å². The summed E-state index contributed by atoms with van der Waals surface area (Å²) in [6.45, 7) is 3.77. The van der Waals surface area contributed by atoms with Gasteiger partial charge >= 0.3 is 0 Å². The molecule has 112 valence electrons. The van der Waals surface area contributed by atoms with Gasteiger partial charge in [0.25, 0.3) is 5.91 Å². The van der Waals surface area contributed by atoms with Crippen molar-refractivity contribution in [2.45, 2.75) is 19.9 Å². The second kappa shape index (κ2) is 6.71. The second-order valence-electron chi connectivity index (χ2n) is 4.74. The van der Waals surface area contributed by atoms with Gasteiger partial charge in [-0.2, -0.15) is 0 Å². The number of carbonyl (C=O) groups is 1. The first kappa shape index (κ1) is 15.5. The largest absolute Gasteiger partial charge is 0.466 e. The predicted octanol–water partition coefficient (Wildman–Crippen LogP) is 2.14. The molecule has 0 saturated heterocycles. The highest BCUT2D eigenvalue weighted by Gasteiger charge is 2.14. The lowest BCUT2D eigenvalue weighted by molar-refractivity contribution is -0.123. The van der Waals surface area contributed by atoms with Crippen LogP contribution in [0.5, 0.6) is 5.88 Å². The molecule has 7 heteroatoms. The summed E-state index contributed by atoms with van der Waals surface area (Å²) in [5, 5.41) is 6.95. The molecular formula is C14H17BrN4O2. The Balaban J connectivity index is 1.90. The van der Waals surface area contributed by atoms with Crippen LogP contribution in [0.2, 0.25) is 0 Å². The number of nitrogens with one attached hydrogen (secondary N) is 1. The summed E-state index contributed by atoms with van der Waals surface area (Å²) < 4.78 is 7.70. The SMILES string of the molecule is Cc1cccnc1C(C)NC(=O)COc1nn(C)cc1Br. The molecule has 0 aliphatic carbocycles. The van der Waals surface area contributed by atoms with Gasteiger partial charge in [0.15, 0.2) is 6.61 Å². The number of rotatable bonds is 5. The smallest absolute Gasteiger partial charge is 0.258 e. The number of hydrogen-bond donors (Lipinski definition) is 1. The molecule has 0 radical (unpaired) electrons. The quantitative estimate of drug-likeness (QED) is 0.894. The molecule has 0 bridgehead atoms. The summed E-state index contributed by atoms with van der Waals surface area (Å²) in [7, 11) is 1.78. The molecule has 0 saturated carbocycles. The van der Waals surface area contributed by atoms with Gasteiger partial charge in [-0.1, -0.05) is 6.07 Å². The fourth-order valence-corrected chi connectivity index (χ4v) is 2.46. The summed E-state index contributed by atoms with van der Waals surface area (Å²) in [4.78, 5) is 16.2. The zero-order valence-corrected chi connectivity index (χ0v) is 13.7. The molecule has 1 amide bonds. The molecule has 6 nitrogen and oxygen atoms in total. The molecule has 1 unspecified atom stereocenters. The monoisotopic (exact) mass is 352 g/mol. The lowest BCUT2D eigenvalue weighted by Crippen LogP contribution is -2.32. The van der Waals surface area contributed by atoms with Gasteiger partial charge in [0.05, 0.1) is 16.2 Å². The van der Waals surface area contributed by atoms with Crippen molar-refractivity contribution >= 4 is 21.8 Å². The Kier molecular flexibility index (Phi) is 4.95. The predicted molar refractivity (Wildman–Crippen MR) is 81.9 cm³/mol. The first-order valence-electron chi connectivity index (χ1n) is 6.50. The number of nitrogens with zero attached hydrogens (tertiary/aromatic N) is 3. The third kappa shape index (κ3) is 4.04. The van der Waals surface area contributed by atoms with Crippen molar-refractivity contribution in [3.8, 4) is 5.88 Å². The number of aromatic nitrogens is 3. The lowest BCUT2D eigenvalue weighted by Gasteiger charge is -2.15. The van der Waals surface area contributed by atoms with Gasteiger partial charge in [-0.3, -0.25) is 14.5 Å². The number of pyridine rings is 1. The van der Waals surface area contributed by atoms with Crippen LogP contribution in [0.1, 0.15) is 24.2 Å². The Hall–Kier alpha value is -1.89. The maximum Gasteiger partial charge on any atom is 0.258 e. The molecular weight excluding hydrogens is 336 g/mol. The molecule has 2 aromatic rings. The van der Waals surface area contributed by atoms with E-state index >= 15 is 0 Å². The van der Waals surface area contributed by atoms with Gasteiger partial charge in [0.1, 0.15) is 0 Å². The van der Waals surface area contributed by atoms with E-state index in [9.17, 15) is 4.79 Å². The molecule has 0 aromatic carbocycles. The molecule has 1 atom stereocenters. The van der Waals surface area contributed by atoms with E-state index in [2.05, 4.69) is 31.3 Å². The van der Waals surface area contributed by atoms with E-state index in [-0.39, 0.29) is 18.6 Å². The summed E-state index contributed by atoms with van der Waals surface area (Å²) in [5.41, 5.74) is 1.89. The van der Waals surface area contributed by atoms with Gasteiger partial charge in [0, 0.05) is 19.4 Å². The first-order chi connectivity index (χ1) is 9.97. The van der Waals surface area contributed by atoms with Crippen LogP contribution in [0.25, 0.3) is 0 Å². The fourth-order valence-electron chi connectivity index (χ4n) is 1.97. The number of halogens is 1. The van der Waals surface area contributed by atoms with E-state index in [0.29, 0.717) is 10.4 Å². The standard InChI is InChI=1S/C14H17BrN4O2/c1-9-5-4-6-16-13(9)10(2)17-12(20)8-21-14-11(15)7-19(3)18-14/h4-7,10H,8H2,1-3H3,(H,17,20). The summed E-state index contributed by atoms with van der Waals surface area (Å²) in [6, 6.07) is 3.66. The third-order valence-electron chi connectivity index (χ3n) is 2.93. The van der Waals surface area contributed by atoms with Crippen molar-refractivity contribution in [1.82, 2.24) is 20.1 Å². The topological polar surface area (TPSA) is 69.0 Å². The van der Waals surface area contributed by atoms with Gasteiger partial charge < -0.3 is 10.1 Å². The highest BCUT2D eigenvalue weighted by atomic mass is 79.9. The Bertz CT molecular complexity index is 642. The minimum Gasteiger partial charge on any atom is -0.466 e. The number of amides is 1. The Morgan fingerprint density at radius 1 is 1.57 bits per heavy atom. The number of aryl methyl sites for hydroxylation is 2. The van der Waals surface area contributed by atoms with Crippen LogP contribution in [0.15, 0.2) is 29.0 Å². The van der Waals surface area contributed by atoms with E-state index in [0.717, 1.165) is 11.3 Å². The number of hydrogen-bond acceptors (Lipinski definition) is 4. The molecule has 2 rings (SSSR count). The van der Waals surface area contributed by atoms with Crippen molar-refractivity contribution in [2.24, 2.45) is 7.05 Å². The molecule has 2 aromatic heterocycles. The average Bonchev–Trinajstić information content (AvgIpc) is 2.75. The molecule has 21 heavy (non-hydrogen) atoms.